The summed E-state index contributed by atoms with van der Waals surface area (Å²) in [4.78, 5) is 10.9. The predicted molar refractivity (Wildman–Crippen MR) is 58.8 cm³/mol. The Morgan fingerprint density at radius 2 is 1.81 bits per heavy atom. The molecule has 3 heteroatoms. The topological polar surface area (TPSA) is 46.5 Å². The van der Waals surface area contributed by atoms with Gasteiger partial charge < -0.3 is 9.84 Å². The van der Waals surface area contributed by atoms with Crippen LogP contribution in [0.4, 0.5) is 0 Å². The molecule has 16 heavy (non-hydrogen) atoms. The van der Waals surface area contributed by atoms with Crippen molar-refractivity contribution < 1.29 is 14.6 Å². The van der Waals surface area contributed by atoms with Crippen LogP contribution in [-0.4, -0.2) is 11.1 Å². The lowest BCUT2D eigenvalue weighted by molar-refractivity contribution is 0.0694. The average molecular weight is 213 g/mol. The van der Waals surface area contributed by atoms with Crippen molar-refractivity contribution in [3.8, 4) is 11.5 Å². The molecule has 0 aromatic heterocycles. The summed E-state index contributed by atoms with van der Waals surface area (Å²) in [5.41, 5.74) is 0.148. The Morgan fingerprint density at radius 3 is 2.50 bits per heavy atom. The van der Waals surface area contributed by atoms with E-state index in [0.29, 0.717) is 11.5 Å². The largest absolute Gasteiger partial charge is 0.478 e. The fourth-order valence-corrected chi connectivity index (χ4v) is 1.30. The van der Waals surface area contributed by atoms with Gasteiger partial charge in [-0.15, -0.1) is 0 Å². The van der Waals surface area contributed by atoms with Gasteiger partial charge in [0.05, 0.1) is 0 Å². The second-order valence-electron chi connectivity index (χ2n) is 3.14. The maximum absolute atomic E-state index is 10.9. The molecule has 0 saturated carbocycles. The molecule has 0 fully saturated rings. The van der Waals surface area contributed by atoms with Crippen LogP contribution < -0.4 is 4.74 Å². The van der Waals surface area contributed by atoms with Crippen molar-refractivity contribution in [2.24, 2.45) is 0 Å². The Morgan fingerprint density at radius 1 is 1.12 bits per heavy atom. The highest BCUT2D eigenvalue weighted by Crippen LogP contribution is 2.24. The number of ether oxygens (including phenoxy) is 1. The van der Waals surface area contributed by atoms with Crippen molar-refractivity contribution in [3.63, 3.8) is 0 Å². The summed E-state index contributed by atoms with van der Waals surface area (Å²) < 4.78 is 5.47. The van der Waals surface area contributed by atoms with Crippen LogP contribution in [0.1, 0.15) is 10.4 Å². The van der Waals surface area contributed by atoms with Crippen molar-refractivity contribution in [2.75, 3.05) is 0 Å². The van der Waals surface area contributed by atoms with E-state index in [1.807, 2.05) is 0 Å². The summed E-state index contributed by atoms with van der Waals surface area (Å²) >= 11 is 0. The number of hydrogen-bond donors (Lipinski definition) is 1. The molecule has 0 bridgehead atoms. The molecule has 0 amide bonds. The number of para-hydroxylation sites is 1. The molecule has 1 radical (unpaired) electrons. The highest BCUT2D eigenvalue weighted by molar-refractivity contribution is 5.90. The Bertz CT molecular complexity index is 492. The molecular formula is C13H9O3. The summed E-state index contributed by atoms with van der Waals surface area (Å²) in [6, 6.07) is 16.2. The molecule has 0 spiro atoms. The average Bonchev–Trinajstić information content (AvgIpc) is 2.31. The van der Waals surface area contributed by atoms with E-state index in [4.69, 9.17) is 9.84 Å². The molecule has 0 aliphatic heterocycles. The molecule has 0 saturated heterocycles. The van der Waals surface area contributed by atoms with E-state index in [1.54, 1.807) is 42.5 Å². The quantitative estimate of drug-likeness (QED) is 0.852. The van der Waals surface area contributed by atoms with Gasteiger partial charge in [-0.25, -0.2) is 4.79 Å². The standard InChI is InChI=1S/C13H9O3/c14-13(15)11-8-4-5-9-12(11)16-10-6-2-1-3-7-10/h2-9H,(H,14,15). The maximum Gasteiger partial charge on any atom is 0.339 e. The maximum atomic E-state index is 10.9. The first-order valence-corrected chi connectivity index (χ1v) is 4.73. The summed E-state index contributed by atoms with van der Waals surface area (Å²) in [5.74, 6) is -0.0771. The summed E-state index contributed by atoms with van der Waals surface area (Å²) in [7, 11) is 0. The van der Waals surface area contributed by atoms with Crippen LogP contribution in [0.25, 0.3) is 0 Å². The summed E-state index contributed by atoms with van der Waals surface area (Å²) in [6.45, 7) is 0. The molecule has 0 aliphatic carbocycles. The lowest BCUT2D eigenvalue weighted by Crippen LogP contribution is -1.99. The molecule has 0 heterocycles. The molecule has 2 aromatic rings. The molecule has 0 atom stereocenters. The number of rotatable bonds is 3. The van der Waals surface area contributed by atoms with E-state index in [-0.39, 0.29) is 5.56 Å². The summed E-state index contributed by atoms with van der Waals surface area (Å²) in [6.07, 6.45) is 0. The van der Waals surface area contributed by atoms with Crippen LogP contribution in [0, 0.1) is 6.07 Å². The first-order valence-electron chi connectivity index (χ1n) is 4.73. The van der Waals surface area contributed by atoms with Crippen LogP contribution in [0.5, 0.6) is 11.5 Å². The Balaban J connectivity index is 2.31. The number of benzene rings is 2. The molecule has 0 unspecified atom stereocenters. The van der Waals surface area contributed by atoms with Crippen molar-refractivity contribution in [2.45, 2.75) is 0 Å². The minimum absolute atomic E-state index is 0.148. The Kier molecular flexibility index (Phi) is 2.87. The zero-order valence-electron chi connectivity index (χ0n) is 8.38. The minimum Gasteiger partial charge on any atom is -0.478 e. The molecule has 2 rings (SSSR count). The zero-order chi connectivity index (χ0) is 11.4. The van der Waals surface area contributed by atoms with E-state index in [1.165, 1.54) is 6.07 Å². The molecule has 3 nitrogen and oxygen atoms in total. The predicted octanol–water partition coefficient (Wildman–Crippen LogP) is 2.98. The van der Waals surface area contributed by atoms with Gasteiger partial charge in [-0.3, -0.25) is 0 Å². The molecular weight excluding hydrogens is 204 g/mol. The fraction of sp³-hybridized carbons (Fsp3) is 0. The number of carbonyl (C=O) groups is 1. The van der Waals surface area contributed by atoms with Crippen LogP contribution in [0.2, 0.25) is 0 Å². The lowest BCUT2D eigenvalue weighted by Gasteiger charge is -2.07. The molecule has 79 valence electrons. The van der Waals surface area contributed by atoms with Gasteiger partial charge in [0.2, 0.25) is 0 Å². The first-order chi connectivity index (χ1) is 7.77. The fourth-order valence-electron chi connectivity index (χ4n) is 1.30. The third kappa shape index (κ3) is 2.20. The van der Waals surface area contributed by atoms with Gasteiger partial charge in [-0.1, -0.05) is 24.3 Å². The molecule has 0 aliphatic rings. The van der Waals surface area contributed by atoms with Crippen LogP contribution in [0.3, 0.4) is 0 Å². The van der Waals surface area contributed by atoms with E-state index in [0.717, 1.165) is 0 Å². The molecule has 2 aromatic carbocycles. The Labute approximate surface area is 92.9 Å². The minimum atomic E-state index is -1.00. The van der Waals surface area contributed by atoms with Gasteiger partial charge >= 0.3 is 5.97 Å². The number of aromatic carboxylic acids is 1. The first kappa shape index (κ1) is 10.2. The third-order valence-electron chi connectivity index (χ3n) is 2.03. The van der Waals surface area contributed by atoms with E-state index < -0.39 is 5.97 Å². The molecule has 1 N–H and O–H groups in total. The SMILES string of the molecule is O=C(O)c1ccccc1Oc1cc[c]cc1. The van der Waals surface area contributed by atoms with Gasteiger partial charge in [0.25, 0.3) is 0 Å². The highest BCUT2D eigenvalue weighted by Gasteiger charge is 2.10. The van der Waals surface area contributed by atoms with Crippen LogP contribution >= 0.6 is 0 Å². The zero-order valence-corrected chi connectivity index (χ0v) is 8.38. The van der Waals surface area contributed by atoms with Crippen molar-refractivity contribution in [1.82, 2.24) is 0 Å². The lowest BCUT2D eigenvalue weighted by atomic mass is 10.2. The van der Waals surface area contributed by atoms with Gasteiger partial charge in [-0.05, 0) is 30.3 Å². The van der Waals surface area contributed by atoms with Gasteiger partial charge in [0.15, 0.2) is 0 Å². The smallest absolute Gasteiger partial charge is 0.339 e. The highest BCUT2D eigenvalue weighted by atomic mass is 16.5. The normalized spacial score (nSPS) is 9.75. The number of carboxylic acids is 1. The monoisotopic (exact) mass is 213 g/mol. The van der Waals surface area contributed by atoms with Gasteiger partial charge in [-0.2, -0.15) is 0 Å². The van der Waals surface area contributed by atoms with Gasteiger partial charge in [0, 0.05) is 0 Å². The van der Waals surface area contributed by atoms with E-state index in [2.05, 4.69) is 6.07 Å². The number of hydrogen-bond acceptors (Lipinski definition) is 2. The van der Waals surface area contributed by atoms with Crippen molar-refractivity contribution >= 4 is 5.97 Å². The van der Waals surface area contributed by atoms with Crippen LogP contribution in [-0.2, 0) is 0 Å². The van der Waals surface area contributed by atoms with Crippen molar-refractivity contribution in [3.05, 3.63) is 60.2 Å². The van der Waals surface area contributed by atoms with E-state index >= 15 is 0 Å². The van der Waals surface area contributed by atoms with Gasteiger partial charge in [0.1, 0.15) is 17.1 Å². The second kappa shape index (κ2) is 4.49. The third-order valence-corrected chi connectivity index (χ3v) is 2.03. The Hall–Kier alpha value is -2.29. The second-order valence-corrected chi connectivity index (χ2v) is 3.14. The number of carboxylic acid groups (broad SMARTS) is 1. The van der Waals surface area contributed by atoms with E-state index in [9.17, 15) is 4.79 Å². The van der Waals surface area contributed by atoms with Crippen LogP contribution in [0.15, 0.2) is 48.5 Å². The van der Waals surface area contributed by atoms with Crippen molar-refractivity contribution in [1.29, 1.82) is 0 Å². The summed E-state index contributed by atoms with van der Waals surface area (Å²) in [5, 5.41) is 8.96.